The van der Waals surface area contributed by atoms with E-state index in [2.05, 4.69) is 10.5 Å². The fourth-order valence-corrected chi connectivity index (χ4v) is 0.391. The van der Waals surface area contributed by atoms with E-state index in [-0.39, 0.29) is 0 Å². The maximum absolute atomic E-state index is 7.03. The quantitative estimate of drug-likeness (QED) is 0.466. The van der Waals surface area contributed by atoms with Crippen LogP contribution in [-0.2, 0) is 0 Å². The molecule has 0 aliphatic heterocycles. The first-order chi connectivity index (χ1) is 5.27. The third kappa shape index (κ3) is 8.62. The zero-order chi connectivity index (χ0) is 8.53. The van der Waals surface area contributed by atoms with E-state index in [1.807, 2.05) is 13.0 Å². The third-order valence-electron chi connectivity index (χ3n) is 0.823. The van der Waals surface area contributed by atoms with Crippen molar-refractivity contribution < 1.29 is 0 Å². The molecule has 0 spiro atoms. The summed E-state index contributed by atoms with van der Waals surface area (Å²) in [5.74, 6) is 0. The Balaban J connectivity index is 3.52. The van der Waals surface area contributed by atoms with Gasteiger partial charge in [-0.2, -0.15) is 5.10 Å². The molecule has 0 bridgehead atoms. The summed E-state index contributed by atoms with van der Waals surface area (Å²) in [5, 5.41) is 10.8. The minimum Gasteiger partial charge on any atom is -0.306 e. The van der Waals surface area contributed by atoms with Crippen molar-refractivity contribution in [3.05, 3.63) is 24.4 Å². The predicted molar refractivity (Wildman–Crippen MR) is 49.0 cm³/mol. The molecule has 0 aromatic rings. The molecule has 0 radical (unpaired) electrons. The number of rotatable bonds is 4. The fourth-order valence-electron chi connectivity index (χ4n) is 0.391. The number of nitrogens with one attached hydrogen (secondary N) is 2. The van der Waals surface area contributed by atoms with Crippen LogP contribution in [0, 0.1) is 5.41 Å². The Morgan fingerprint density at radius 2 is 2.27 bits per heavy atom. The first-order valence-electron chi connectivity index (χ1n) is 3.39. The summed E-state index contributed by atoms with van der Waals surface area (Å²) < 4.78 is 0. The summed E-state index contributed by atoms with van der Waals surface area (Å²) in [4.78, 5) is 0. The highest BCUT2D eigenvalue weighted by Gasteiger charge is 1.71. The zero-order valence-corrected chi connectivity index (χ0v) is 6.83. The van der Waals surface area contributed by atoms with Gasteiger partial charge in [-0.05, 0) is 26.0 Å². The van der Waals surface area contributed by atoms with Crippen LogP contribution < -0.4 is 5.43 Å². The Hall–Kier alpha value is -1.38. The minimum atomic E-state index is 0.516. The normalized spacial score (nSPS) is 11.8. The van der Waals surface area contributed by atoms with E-state index in [1.54, 1.807) is 31.5 Å². The summed E-state index contributed by atoms with van der Waals surface area (Å²) in [6.07, 6.45) is 8.54. The molecule has 11 heavy (non-hydrogen) atoms. The Morgan fingerprint density at radius 3 is 2.82 bits per heavy atom. The van der Waals surface area contributed by atoms with Crippen molar-refractivity contribution in [2.24, 2.45) is 5.10 Å². The maximum Gasteiger partial charge on any atom is 0.0472 e. The van der Waals surface area contributed by atoms with Gasteiger partial charge in [0, 0.05) is 18.1 Å². The molecule has 3 nitrogen and oxygen atoms in total. The van der Waals surface area contributed by atoms with Crippen LogP contribution in [0.1, 0.15) is 13.8 Å². The van der Waals surface area contributed by atoms with Crippen molar-refractivity contribution in [3.63, 3.8) is 0 Å². The van der Waals surface area contributed by atoms with E-state index < -0.39 is 0 Å². The lowest BCUT2D eigenvalue weighted by Gasteiger charge is -1.84. The second kappa shape index (κ2) is 6.74. The Bertz CT molecular complexity index is 190. The van der Waals surface area contributed by atoms with Crippen LogP contribution in [0.15, 0.2) is 29.5 Å². The van der Waals surface area contributed by atoms with Crippen LogP contribution in [0.25, 0.3) is 0 Å². The number of nitrogens with zero attached hydrogens (tertiary/aromatic N) is 1. The maximum atomic E-state index is 7.03. The molecule has 0 aliphatic rings. The topological polar surface area (TPSA) is 48.2 Å². The highest BCUT2D eigenvalue weighted by atomic mass is 15.3. The molecular formula is C8H13N3. The van der Waals surface area contributed by atoms with Crippen LogP contribution in [-0.4, -0.2) is 11.9 Å². The Kier molecular flexibility index (Phi) is 5.89. The lowest BCUT2D eigenvalue weighted by molar-refractivity contribution is 0.974. The summed E-state index contributed by atoms with van der Waals surface area (Å²) in [5.41, 5.74) is 3.19. The van der Waals surface area contributed by atoms with E-state index >= 15 is 0 Å². The van der Waals surface area contributed by atoms with Gasteiger partial charge >= 0.3 is 0 Å². The second-order valence-electron chi connectivity index (χ2n) is 1.95. The monoisotopic (exact) mass is 151 g/mol. The standard InChI is InChI=1S/C8H13N3/c1-3-6-10-11-7-4-5-8(2)9/h3-7,9-10H,1-2H3/b5-4-,6-3-,9-8?,11-7-. The summed E-state index contributed by atoms with van der Waals surface area (Å²) in [6.45, 7) is 3.61. The third-order valence-corrected chi connectivity index (χ3v) is 0.823. The van der Waals surface area contributed by atoms with Crippen molar-refractivity contribution in [2.75, 3.05) is 0 Å². The summed E-state index contributed by atoms with van der Waals surface area (Å²) in [6, 6.07) is 0. The largest absolute Gasteiger partial charge is 0.306 e. The van der Waals surface area contributed by atoms with E-state index in [9.17, 15) is 0 Å². The lowest BCUT2D eigenvalue weighted by atomic mass is 10.4. The molecule has 0 rings (SSSR count). The zero-order valence-electron chi connectivity index (χ0n) is 6.83. The van der Waals surface area contributed by atoms with E-state index in [0.29, 0.717) is 5.71 Å². The van der Waals surface area contributed by atoms with Gasteiger partial charge in [-0.3, -0.25) is 5.43 Å². The molecule has 0 aromatic heterocycles. The van der Waals surface area contributed by atoms with Crippen LogP contribution in [0.3, 0.4) is 0 Å². The van der Waals surface area contributed by atoms with Gasteiger partial charge in [-0.1, -0.05) is 6.08 Å². The number of allylic oxidation sites excluding steroid dienone is 3. The van der Waals surface area contributed by atoms with Crippen LogP contribution in [0.2, 0.25) is 0 Å². The van der Waals surface area contributed by atoms with E-state index in [0.717, 1.165) is 0 Å². The summed E-state index contributed by atoms with van der Waals surface area (Å²) >= 11 is 0. The number of hydrazone groups is 1. The van der Waals surface area contributed by atoms with Crippen LogP contribution >= 0.6 is 0 Å². The molecule has 0 amide bonds. The van der Waals surface area contributed by atoms with Crippen molar-refractivity contribution in [2.45, 2.75) is 13.8 Å². The van der Waals surface area contributed by atoms with Crippen LogP contribution in [0.4, 0.5) is 0 Å². The molecule has 0 atom stereocenters. The molecule has 0 aromatic carbocycles. The highest BCUT2D eigenvalue weighted by Crippen LogP contribution is 1.72. The van der Waals surface area contributed by atoms with Gasteiger partial charge in [-0.25, -0.2) is 0 Å². The molecule has 0 aliphatic carbocycles. The molecule has 2 N–H and O–H groups in total. The van der Waals surface area contributed by atoms with E-state index in [4.69, 9.17) is 5.41 Å². The molecule has 60 valence electrons. The second-order valence-corrected chi connectivity index (χ2v) is 1.95. The van der Waals surface area contributed by atoms with Crippen molar-refractivity contribution in [1.29, 1.82) is 5.41 Å². The Morgan fingerprint density at radius 1 is 1.55 bits per heavy atom. The van der Waals surface area contributed by atoms with Gasteiger partial charge in [0.25, 0.3) is 0 Å². The predicted octanol–water partition coefficient (Wildman–Crippen LogP) is 1.69. The molecule has 0 unspecified atom stereocenters. The van der Waals surface area contributed by atoms with Gasteiger partial charge < -0.3 is 5.41 Å². The lowest BCUT2D eigenvalue weighted by Crippen LogP contribution is -1.91. The molecule has 3 heteroatoms. The molecule has 0 heterocycles. The smallest absolute Gasteiger partial charge is 0.0472 e. The molecule has 0 fully saturated rings. The number of hydrogen-bond acceptors (Lipinski definition) is 3. The first-order valence-corrected chi connectivity index (χ1v) is 3.39. The SMILES string of the molecule is C/C=C\N/N=C\C=C/C(C)=N. The van der Waals surface area contributed by atoms with E-state index in [1.165, 1.54) is 0 Å². The minimum absolute atomic E-state index is 0.516. The average Bonchev–Trinajstić information content (AvgIpc) is 1.96. The number of hydrogen-bond donors (Lipinski definition) is 2. The van der Waals surface area contributed by atoms with Gasteiger partial charge in [-0.15, -0.1) is 0 Å². The van der Waals surface area contributed by atoms with Crippen molar-refractivity contribution in [3.8, 4) is 0 Å². The van der Waals surface area contributed by atoms with Crippen molar-refractivity contribution >= 4 is 11.9 Å². The molecule has 0 saturated carbocycles. The Labute approximate surface area is 67.0 Å². The highest BCUT2D eigenvalue weighted by molar-refractivity contribution is 5.93. The molecule has 0 saturated heterocycles. The average molecular weight is 151 g/mol. The first kappa shape index (κ1) is 9.62. The summed E-state index contributed by atoms with van der Waals surface area (Å²) in [7, 11) is 0. The van der Waals surface area contributed by atoms with Gasteiger partial charge in [0.15, 0.2) is 0 Å². The molecular weight excluding hydrogens is 138 g/mol. The van der Waals surface area contributed by atoms with Gasteiger partial charge in [0.05, 0.1) is 0 Å². The van der Waals surface area contributed by atoms with Gasteiger partial charge in [0.1, 0.15) is 0 Å². The van der Waals surface area contributed by atoms with Crippen LogP contribution in [0.5, 0.6) is 0 Å². The van der Waals surface area contributed by atoms with Gasteiger partial charge in [0.2, 0.25) is 0 Å². The fraction of sp³-hybridized carbons (Fsp3) is 0.250. The van der Waals surface area contributed by atoms with Crippen molar-refractivity contribution in [1.82, 2.24) is 5.43 Å².